The number of benzene rings is 2. The predicted octanol–water partition coefficient (Wildman–Crippen LogP) is 5.11. The van der Waals surface area contributed by atoms with E-state index in [1.54, 1.807) is 6.07 Å². The lowest BCUT2D eigenvalue weighted by Crippen LogP contribution is -2.04. The predicted molar refractivity (Wildman–Crippen MR) is 110 cm³/mol. The van der Waals surface area contributed by atoms with Crippen molar-refractivity contribution in [3.05, 3.63) is 70.0 Å². The zero-order chi connectivity index (χ0) is 18.7. The Balaban J connectivity index is 1.92. The monoisotopic (exact) mass is 380 g/mol. The van der Waals surface area contributed by atoms with Gasteiger partial charge in [0.25, 0.3) is 0 Å². The largest absolute Gasteiger partial charge is 0.353 e. The van der Waals surface area contributed by atoms with E-state index in [0.29, 0.717) is 17.1 Å². The van der Waals surface area contributed by atoms with Crippen LogP contribution >= 0.6 is 23.8 Å². The lowest BCUT2D eigenvalue weighted by Gasteiger charge is -2.08. The topological polar surface area (TPSA) is 53.6 Å². The molecule has 3 rings (SSSR count). The highest BCUT2D eigenvalue weighted by Crippen LogP contribution is 2.30. The molecule has 0 radical (unpaired) electrons. The molecular weight excluding hydrogens is 364 g/mol. The van der Waals surface area contributed by atoms with Crippen molar-refractivity contribution in [1.29, 1.82) is 5.26 Å². The number of thiocarbonyl (C=S) groups is 1. The Labute approximate surface area is 163 Å². The Bertz CT molecular complexity index is 1000. The van der Waals surface area contributed by atoms with E-state index in [4.69, 9.17) is 29.1 Å². The van der Waals surface area contributed by atoms with Crippen LogP contribution in [0, 0.1) is 25.2 Å². The molecule has 6 heteroatoms. The van der Waals surface area contributed by atoms with Crippen molar-refractivity contribution in [2.45, 2.75) is 20.4 Å². The molecule has 0 bridgehead atoms. The minimum atomic E-state index is 0.457. The maximum absolute atomic E-state index is 9.05. The van der Waals surface area contributed by atoms with Crippen molar-refractivity contribution in [1.82, 2.24) is 9.78 Å². The molecule has 0 aliphatic rings. The smallest absolute Gasteiger partial charge is 0.101 e. The number of aromatic nitrogens is 2. The van der Waals surface area contributed by atoms with E-state index >= 15 is 0 Å². The van der Waals surface area contributed by atoms with Crippen LogP contribution < -0.4 is 5.32 Å². The molecule has 0 fully saturated rings. The van der Waals surface area contributed by atoms with E-state index < -0.39 is 0 Å². The minimum Gasteiger partial charge on any atom is -0.353 e. The molecule has 0 atom stereocenters. The zero-order valence-corrected chi connectivity index (χ0v) is 16.0. The second-order valence-corrected chi connectivity index (χ2v) is 6.61. The third kappa shape index (κ3) is 3.62. The van der Waals surface area contributed by atoms with E-state index in [9.17, 15) is 0 Å². The van der Waals surface area contributed by atoms with Crippen molar-refractivity contribution >= 4 is 35.0 Å². The molecule has 0 amide bonds. The number of hydrogen-bond donors (Lipinski definition) is 1. The van der Waals surface area contributed by atoms with Crippen LogP contribution in [-0.2, 0) is 6.54 Å². The van der Waals surface area contributed by atoms with Gasteiger partial charge >= 0.3 is 0 Å². The standard InChI is InChI=1S/C20H17ClN4S/c1-13-20(16-5-6-17(10-22)19(21)9-16)14(2)25(24-13)11-15-3-7-18(8-4-15)23-12-26/h3-9,12H,11H2,1-2H3,(H,23,26). The van der Waals surface area contributed by atoms with Gasteiger partial charge in [-0.1, -0.05) is 42.0 Å². The average Bonchev–Trinajstić information content (AvgIpc) is 2.90. The molecule has 1 heterocycles. The van der Waals surface area contributed by atoms with Gasteiger partial charge in [-0.15, -0.1) is 0 Å². The molecule has 0 unspecified atom stereocenters. The third-order valence-electron chi connectivity index (χ3n) is 4.27. The summed E-state index contributed by atoms with van der Waals surface area (Å²) in [4.78, 5) is 0. The Morgan fingerprint density at radius 2 is 1.96 bits per heavy atom. The van der Waals surface area contributed by atoms with Gasteiger partial charge in [-0.3, -0.25) is 4.68 Å². The summed E-state index contributed by atoms with van der Waals surface area (Å²) in [5.41, 5.74) is 8.09. The van der Waals surface area contributed by atoms with Crippen molar-refractivity contribution in [2.24, 2.45) is 0 Å². The molecule has 0 spiro atoms. The van der Waals surface area contributed by atoms with Crippen molar-refractivity contribution in [3.63, 3.8) is 0 Å². The fraction of sp³-hybridized carbons (Fsp3) is 0.150. The summed E-state index contributed by atoms with van der Waals surface area (Å²) >= 11 is 11.0. The molecule has 4 nitrogen and oxygen atoms in total. The van der Waals surface area contributed by atoms with E-state index in [1.807, 2.05) is 42.8 Å². The van der Waals surface area contributed by atoms with Crippen molar-refractivity contribution in [3.8, 4) is 17.2 Å². The molecule has 1 aromatic heterocycles. The first-order valence-corrected chi connectivity index (χ1v) is 8.91. The SMILES string of the molecule is Cc1nn(Cc2ccc(NC=S)cc2)c(C)c1-c1ccc(C#N)c(Cl)c1. The van der Waals surface area contributed by atoms with E-state index in [0.717, 1.165) is 33.8 Å². The summed E-state index contributed by atoms with van der Waals surface area (Å²) < 4.78 is 1.98. The van der Waals surface area contributed by atoms with Gasteiger partial charge in [0.15, 0.2) is 0 Å². The van der Waals surface area contributed by atoms with Crippen LogP contribution in [0.3, 0.4) is 0 Å². The van der Waals surface area contributed by atoms with Gasteiger partial charge in [0.2, 0.25) is 0 Å². The highest BCUT2D eigenvalue weighted by Gasteiger charge is 2.15. The normalized spacial score (nSPS) is 10.4. The van der Waals surface area contributed by atoms with Crippen LogP contribution in [0.15, 0.2) is 42.5 Å². The van der Waals surface area contributed by atoms with Crippen LogP contribution in [0.25, 0.3) is 11.1 Å². The van der Waals surface area contributed by atoms with E-state index in [-0.39, 0.29) is 0 Å². The summed E-state index contributed by atoms with van der Waals surface area (Å²) in [5.74, 6) is 0. The first-order valence-electron chi connectivity index (χ1n) is 8.06. The van der Waals surface area contributed by atoms with Crippen molar-refractivity contribution < 1.29 is 0 Å². The van der Waals surface area contributed by atoms with Crippen LogP contribution in [0.1, 0.15) is 22.5 Å². The zero-order valence-electron chi connectivity index (χ0n) is 14.5. The summed E-state index contributed by atoms with van der Waals surface area (Å²) in [5, 5.41) is 17.2. The van der Waals surface area contributed by atoms with Gasteiger partial charge in [-0.05, 0) is 49.2 Å². The number of nitriles is 1. The van der Waals surface area contributed by atoms with E-state index in [1.165, 1.54) is 5.49 Å². The minimum absolute atomic E-state index is 0.457. The summed E-state index contributed by atoms with van der Waals surface area (Å²) in [6.07, 6.45) is 0. The lowest BCUT2D eigenvalue weighted by atomic mass is 10.0. The Hall–Kier alpha value is -2.68. The third-order valence-corrected chi connectivity index (χ3v) is 4.70. The van der Waals surface area contributed by atoms with Crippen LogP contribution in [-0.4, -0.2) is 15.3 Å². The van der Waals surface area contributed by atoms with Gasteiger partial charge < -0.3 is 5.32 Å². The molecule has 26 heavy (non-hydrogen) atoms. The molecule has 1 N–H and O–H groups in total. The van der Waals surface area contributed by atoms with Gasteiger partial charge in [0.1, 0.15) is 6.07 Å². The Kier molecular flexibility index (Phi) is 5.36. The van der Waals surface area contributed by atoms with Gasteiger partial charge in [-0.2, -0.15) is 10.4 Å². The fourth-order valence-electron chi connectivity index (χ4n) is 2.98. The van der Waals surface area contributed by atoms with Gasteiger partial charge in [0.05, 0.1) is 28.3 Å². The average molecular weight is 381 g/mol. The quantitative estimate of drug-likeness (QED) is 0.625. The number of hydrogen-bond acceptors (Lipinski definition) is 3. The molecule has 130 valence electrons. The second-order valence-electron chi connectivity index (χ2n) is 5.97. The molecule has 3 aromatic rings. The number of nitrogens with one attached hydrogen (secondary N) is 1. The Morgan fingerprint density at radius 3 is 2.58 bits per heavy atom. The number of halogens is 1. The molecular formula is C20H17ClN4S. The highest BCUT2D eigenvalue weighted by molar-refractivity contribution is 7.79. The lowest BCUT2D eigenvalue weighted by molar-refractivity contribution is 0.659. The number of nitrogens with zero attached hydrogens (tertiary/aromatic N) is 3. The maximum Gasteiger partial charge on any atom is 0.101 e. The van der Waals surface area contributed by atoms with Crippen LogP contribution in [0.4, 0.5) is 5.69 Å². The number of rotatable bonds is 5. The first kappa shape index (κ1) is 18.1. The van der Waals surface area contributed by atoms with Crippen LogP contribution in [0.2, 0.25) is 5.02 Å². The molecule has 0 saturated carbocycles. The fourth-order valence-corrected chi connectivity index (χ4v) is 3.34. The van der Waals surface area contributed by atoms with Crippen LogP contribution in [0.5, 0.6) is 0 Å². The summed E-state index contributed by atoms with van der Waals surface area (Å²) in [6, 6.07) is 15.7. The number of aryl methyl sites for hydroxylation is 1. The Morgan fingerprint density at radius 1 is 1.23 bits per heavy atom. The maximum atomic E-state index is 9.05. The second kappa shape index (κ2) is 7.69. The first-order chi connectivity index (χ1) is 12.5. The highest BCUT2D eigenvalue weighted by atomic mass is 35.5. The summed E-state index contributed by atoms with van der Waals surface area (Å²) in [6.45, 7) is 4.70. The molecule has 0 saturated heterocycles. The van der Waals surface area contributed by atoms with Gasteiger partial charge in [-0.25, -0.2) is 0 Å². The number of anilines is 1. The molecule has 0 aliphatic heterocycles. The van der Waals surface area contributed by atoms with Crippen molar-refractivity contribution in [2.75, 3.05) is 5.32 Å². The summed E-state index contributed by atoms with van der Waals surface area (Å²) in [7, 11) is 0. The molecule has 2 aromatic carbocycles. The van der Waals surface area contributed by atoms with Gasteiger partial charge in [0, 0.05) is 16.9 Å². The van der Waals surface area contributed by atoms with E-state index in [2.05, 4.69) is 28.6 Å². The molecule has 0 aliphatic carbocycles.